The van der Waals surface area contributed by atoms with Crippen LogP contribution in [0.15, 0.2) is 0 Å². The molecule has 1 nitrogen and oxygen atoms in total. The predicted molar refractivity (Wildman–Crippen MR) is 40.5 cm³/mol. The molecule has 1 aliphatic carbocycles. The van der Waals surface area contributed by atoms with Gasteiger partial charge in [0.05, 0.1) is 0 Å². The third-order valence-electron chi connectivity index (χ3n) is 2.25. The van der Waals surface area contributed by atoms with Gasteiger partial charge in [-0.25, -0.2) is 0 Å². The van der Waals surface area contributed by atoms with Crippen LogP contribution >= 0.6 is 0 Å². The number of hydrogen-bond donors (Lipinski definition) is 0. The van der Waals surface area contributed by atoms with Crippen molar-refractivity contribution in [3.8, 4) is 0 Å². The zero-order chi connectivity index (χ0) is 6.85. The third kappa shape index (κ3) is 2.35. The fourth-order valence-electron chi connectivity index (χ4n) is 1.05. The molecule has 0 bridgehead atoms. The standard InChI is InChI=1S/C8H17N/c1-7(9(2)3)6-8-4-5-8/h7-8H,4-6H2,1-3H3. The van der Waals surface area contributed by atoms with Crippen molar-refractivity contribution in [2.45, 2.75) is 32.2 Å². The summed E-state index contributed by atoms with van der Waals surface area (Å²) in [6.07, 6.45) is 4.38. The van der Waals surface area contributed by atoms with E-state index in [2.05, 4.69) is 25.9 Å². The predicted octanol–water partition coefficient (Wildman–Crippen LogP) is 1.74. The Morgan fingerprint density at radius 3 is 2.33 bits per heavy atom. The fraction of sp³-hybridized carbons (Fsp3) is 1.00. The van der Waals surface area contributed by atoms with Gasteiger partial charge in [-0.1, -0.05) is 12.8 Å². The van der Waals surface area contributed by atoms with Gasteiger partial charge in [0.25, 0.3) is 0 Å². The van der Waals surface area contributed by atoms with Gasteiger partial charge in [0.2, 0.25) is 0 Å². The quantitative estimate of drug-likeness (QED) is 0.558. The topological polar surface area (TPSA) is 3.24 Å². The molecule has 0 aromatic carbocycles. The third-order valence-corrected chi connectivity index (χ3v) is 2.25. The minimum Gasteiger partial charge on any atom is -0.307 e. The Morgan fingerprint density at radius 1 is 1.44 bits per heavy atom. The highest BCUT2D eigenvalue weighted by molar-refractivity contribution is 4.77. The average Bonchev–Trinajstić information content (AvgIpc) is 2.50. The number of rotatable bonds is 3. The molecule has 1 saturated carbocycles. The molecule has 1 fully saturated rings. The minimum atomic E-state index is 0.789. The Hall–Kier alpha value is -0.0400. The smallest absolute Gasteiger partial charge is 0.00634 e. The van der Waals surface area contributed by atoms with Crippen molar-refractivity contribution in [1.82, 2.24) is 4.90 Å². The van der Waals surface area contributed by atoms with Crippen molar-refractivity contribution in [2.24, 2.45) is 5.92 Å². The summed E-state index contributed by atoms with van der Waals surface area (Å²) in [5.74, 6) is 1.07. The Kier molecular flexibility index (Phi) is 2.12. The zero-order valence-electron chi connectivity index (χ0n) is 6.72. The van der Waals surface area contributed by atoms with E-state index in [0.29, 0.717) is 0 Å². The molecular weight excluding hydrogens is 110 g/mol. The van der Waals surface area contributed by atoms with Gasteiger partial charge in [-0.3, -0.25) is 0 Å². The van der Waals surface area contributed by atoms with Crippen LogP contribution < -0.4 is 0 Å². The van der Waals surface area contributed by atoms with E-state index in [1.165, 1.54) is 19.3 Å². The molecule has 0 amide bonds. The lowest BCUT2D eigenvalue weighted by atomic mass is 10.1. The molecule has 1 atom stereocenters. The lowest BCUT2D eigenvalue weighted by Crippen LogP contribution is -2.24. The summed E-state index contributed by atoms with van der Waals surface area (Å²) in [4.78, 5) is 2.30. The van der Waals surface area contributed by atoms with Crippen molar-refractivity contribution < 1.29 is 0 Å². The van der Waals surface area contributed by atoms with Crippen LogP contribution in [0, 0.1) is 5.92 Å². The first kappa shape index (κ1) is 7.07. The van der Waals surface area contributed by atoms with Crippen LogP contribution in [0.25, 0.3) is 0 Å². The summed E-state index contributed by atoms with van der Waals surface area (Å²) in [7, 11) is 4.32. The fourth-order valence-corrected chi connectivity index (χ4v) is 1.05. The van der Waals surface area contributed by atoms with E-state index >= 15 is 0 Å². The monoisotopic (exact) mass is 127 g/mol. The lowest BCUT2D eigenvalue weighted by Gasteiger charge is -2.18. The zero-order valence-corrected chi connectivity index (χ0v) is 6.72. The molecule has 9 heavy (non-hydrogen) atoms. The molecule has 0 N–H and O–H groups in total. The minimum absolute atomic E-state index is 0.789. The second-order valence-electron chi connectivity index (χ2n) is 3.49. The van der Waals surface area contributed by atoms with E-state index in [-0.39, 0.29) is 0 Å². The molecule has 1 unspecified atom stereocenters. The maximum atomic E-state index is 2.30. The first-order valence-corrected chi connectivity index (χ1v) is 3.86. The Balaban J connectivity index is 2.09. The molecule has 0 aromatic rings. The molecule has 0 aliphatic heterocycles. The van der Waals surface area contributed by atoms with Crippen LogP contribution in [0.3, 0.4) is 0 Å². The summed E-state index contributed by atoms with van der Waals surface area (Å²) in [5.41, 5.74) is 0. The molecule has 0 heterocycles. The van der Waals surface area contributed by atoms with Gasteiger partial charge in [0.1, 0.15) is 0 Å². The largest absolute Gasteiger partial charge is 0.307 e. The van der Waals surface area contributed by atoms with E-state index in [0.717, 1.165) is 12.0 Å². The van der Waals surface area contributed by atoms with E-state index in [4.69, 9.17) is 0 Å². The van der Waals surface area contributed by atoms with E-state index in [1.54, 1.807) is 0 Å². The molecule has 54 valence electrons. The van der Waals surface area contributed by atoms with Gasteiger partial charge in [0.15, 0.2) is 0 Å². The van der Waals surface area contributed by atoms with Gasteiger partial charge in [-0.2, -0.15) is 0 Å². The molecule has 0 radical (unpaired) electrons. The van der Waals surface area contributed by atoms with Crippen LogP contribution in [0.4, 0.5) is 0 Å². The average molecular weight is 127 g/mol. The maximum absolute atomic E-state index is 2.30. The molecule has 1 aliphatic rings. The lowest BCUT2D eigenvalue weighted by molar-refractivity contribution is 0.289. The van der Waals surface area contributed by atoms with Gasteiger partial charge in [-0.15, -0.1) is 0 Å². The molecular formula is C8H17N. The second-order valence-corrected chi connectivity index (χ2v) is 3.49. The SMILES string of the molecule is CC(CC1CC1)N(C)C. The highest BCUT2D eigenvalue weighted by Crippen LogP contribution is 2.34. The normalized spacial score (nSPS) is 22.7. The van der Waals surface area contributed by atoms with Crippen molar-refractivity contribution in [3.63, 3.8) is 0 Å². The van der Waals surface area contributed by atoms with Gasteiger partial charge < -0.3 is 4.90 Å². The molecule has 0 aromatic heterocycles. The van der Waals surface area contributed by atoms with E-state index in [9.17, 15) is 0 Å². The van der Waals surface area contributed by atoms with E-state index in [1.807, 2.05) is 0 Å². The van der Waals surface area contributed by atoms with Crippen molar-refractivity contribution in [1.29, 1.82) is 0 Å². The number of nitrogens with zero attached hydrogens (tertiary/aromatic N) is 1. The molecule has 1 rings (SSSR count). The highest BCUT2D eigenvalue weighted by Gasteiger charge is 2.23. The summed E-state index contributed by atoms with van der Waals surface area (Å²) in [6, 6.07) is 0.789. The van der Waals surface area contributed by atoms with Crippen molar-refractivity contribution in [3.05, 3.63) is 0 Å². The summed E-state index contributed by atoms with van der Waals surface area (Å²) in [5, 5.41) is 0. The van der Waals surface area contributed by atoms with Gasteiger partial charge in [-0.05, 0) is 33.4 Å². The van der Waals surface area contributed by atoms with Crippen LogP contribution in [0.1, 0.15) is 26.2 Å². The Bertz CT molecular complexity index is 84.6. The maximum Gasteiger partial charge on any atom is 0.00634 e. The molecule has 0 saturated heterocycles. The Morgan fingerprint density at radius 2 is 2.00 bits per heavy atom. The first-order valence-electron chi connectivity index (χ1n) is 3.86. The van der Waals surface area contributed by atoms with Gasteiger partial charge in [0, 0.05) is 6.04 Å². The van der Waals surface area contributed by atoms with Crippen LogP contribution in [-0.4, -0.2) is 25.0 Å². The summed E-state index contributed by atoms with van der Waals surface area (Å²) < 4.78 is 0. The van der Waals surface area contributed by atoms with Crippen LogP contribution in [0.2, 0.25) is 0 Å². The van der Waals surface area contributed by atoms with Gasteiger partial charge >= 0.3 is 0 Å². The van der Waals surface area contributed by atoms with Crippen LogP contribution in [0.5, 0.6) is 0 Å². The molecule has 1 heteroatoms. The molecule has 0 spiro atoms. The first-order chi connectivity index (χ1) is 4.20. The van der Waals surface area contributed by atoms with Crippen LogP contribution in [-0.2, 0) is 0 Å². The Labute approximate surface area is 58.0 Å². The summed E-state index contributed by atoms with van der Waals surface area (Å²) >= 11 is 0. The number of hydrogen-bond acceptors (Lipinski definition) is 1. The summed E-state index contributed by atoms with van der Waals surface area (Å²) in [6.45, 7) is 2.30. The van der Waals surface area contributed by atoms with E-state index < -0.39 is 0 Å². The van der Waals surface area contributed by atoms with Crippen molar-refractivity contribution >= 4 is 0 Å². The second kappa shape index (κ2) is 2.70. The van der Waals surface area contributed by atoms with Crippen molar-refractivity contribution in [2.75, 3.05) is 14.1 Å². The highest BCUT2D eigenvalue weighted by atomic mass is 15.1.